The summed E-state index contributed by atoms with van der Waals surface area (Å²) in [5.41, 5.74) is 0. The number of ether oxygens (including phenoxy) is 1. The molecule has 0 aliphatic heterocycles. The van der Waals surface area contributed by atoms with Gasteiger partial charge in [0.1, 0.15) is 11.6 Å². The van der Waals surface area contributed by atoms with Gasteiger partial charge in [0.25, 0.3) is 0 Å². The molecule has 1 aliphatic rings. The highest BCUT2D eigenvalue weighted by Crippen LogP contribution is 2.32. The summed E-state index contributed by atoms with van der Waals surface area (Å²) in [7, 11) is 0. The van der Waals surface area contributed by atoms with Gasteiger partial charge in [-0.1, -0.05) is 45.4 Å². The van der Waals surface area contributed by atoms with Crippen molar-refractivity contribution in [1.29, 1.82) is 0 Å². The third-order valence-electron chi connectivity index (χ3n) is 4.56. The molecule has 0 amide bonds. The van der Waals surface area contributed by atoms with Crippen molar-refractivity contribution in [1.82, 2.24) is 0 Å². The van der Waals surface area contributed by atoms with E-state index in [2.05, 4.69) is 22.9 Å². The summed E-state index contributed by atoms with van der Waals surface area (Å²) in [6, 6.07) is 4.99. The maximum absolute atomic E-state index is 13.4. The molecule has 1 aromatic carbocycles. The number of benzene rings is 1. The molecule has 118 valence electrons. The molecule has 0 atom stereocenters. The highest BCUT2D eigenvalue weighted by Gasteiger charge is 2.21. The van der Waals surface area contributed by atoms with E-state index in [0.717, 1.165) is 12.5 Å². The van der Waals surface area contributed by atoms with Crippen LogP contribution in [0.3, 0.4) is 0 Å². The van der Waals surface area contributed by atoms with Crippen molar-refractivity contribution < 1.29 is 9.13 Å². The van der Waals surface area contributed by atoms with Crippen molar-refractivity contribution in [3.63, 3.8) is 0 Å². The summed E-state index contributed by atoms with van der Waals surface area (Å²) in [5, 5.41) is 0. The van der Waals surface area contributed by atoms with E-state index in [1.54, 1.807) is 6.07 Å². The predicted molar refractivity (Wildman–Crippen MR) is 89.2 cm³/mol. The van der Waals surface area contributed by atoms with Gasteiger partial charge in [-0.25, -0.2) is 4.39 Å². The van der Waals surface area contributed by atoms with E-state index in [9.17, 15) is 4.39 Å². The zero-order valence-electron chi connectivity index (χ0n) is 12.9. The molecule has 1 aliphatic carbocycles. The molecule has 0 spiro atoms. The van der Waals surface area contributed by atoms with E-state index in [1.165, 1.54) is 57.4 Å². The van der Waals surface area contributed by atoms with Crippen molar-refractivity contribution in [3.05, 3.63) is 28.5 Å². The van der Waals surface area contributed by atoms with Crippen molar-refractivity contribution in [3.8, 4) is 5.75 Å². The fraction of sp³-hybridized carbons (Fsp3) is 0.667. The Balaban J connectivity index is 1.67. The Morgan fingerprint density at radius 1 is 1.14 bits per heavy atom. The number of halogens is 2. The maximum Gasteiger partial charge on any atom is 0.141 e. The maximum atomic E-state index is 13.4. The van der Waals surface area contributed by atoms with Gasteiger partial charge in [0.2, 0.25) is 0 Å². The Morgan fingerprint density at radius 2 is 1.86 bits per heavy atom. The van der Waals surface area contributed by atoms with E-state index in [4.69, 9.17) is 4.74 Å². The second-order valence-corrected chi connectivity index (χ2v) is 7.12. The smallest absolute Gasteiger partial charge is 0.141 e. The van der Waals surface area contributed by atoms with E-state index < -0.39 is 0 Å². The first-order valence-electron chi connectivity index (χ1n) is 8.27. The van der Waals surface area contributed by atoms with E-state index in [1.807, 2.05) is 6.07 Å². The van der Waals surface area contributed by atoms with Gasteiger partial charge >= 0.3 is 0 Å². The Labute approximate surface area is 136 Å². The largest absolute Gasteiger partial charge is 0.493 e. The summed E-state index contributed by atoms with van der Waals surface area (Å²) < 4.78 is 19.7. The molecule has 3 heteroatoms. The first-order chi connectivity index (χ1) is 10.2. The standard InChI is InChI=1S/C18H26BrFO/c1-2-3-4-5-14-6-8-15(9-7-14)13-21-16-10-11-17(19)18(20)12-16/h10-12,14-15H,2-9,13H2,1H3/t14-,15-. The van der Waals surface area contributed by atoms with Gasteiger partial charge in [0.05, 0.1) is 11.1 Å². The van der Waals surface area contributed by atoms with Crippen LogP contribution in [0.4, 0.5) is 4.39 Å². The third-order valence-corrected chi connectivity index (χ3v) is 5.20. The van der Waals surface area contributed by atoms with Gasteiger partial charge in [-0.3, -0.25) is 0 Å². The van der Waals surface area contributed by atoms with Crippen LogP contribution in [0.2, 0.25) is 0 Å². The Bertz CT molecular complexity index is 427. The number of unbranched alkanes of at least 4 members (excludes halogenated alkanes) is 2. The molecular formula is C18H26BrFO. The van der Waals surface area contributed by atoms with E-state index >= 15 is 0 Å². The molecule has 0 radical (unpaired) electrons. The minimum absolute atomic E-state index is 0.257. The highest BCUT2D eigenvalue weighted by atomic mass is 79.9. The molecular weight excluding hydrogens is 331 g/mol. The van der Waals surface area contributed by atoms with Crippen molar-refractivity contribution in [2.75, 3.05) is 6.61 Å². The molecule has 21 heavy (non-hydrogen) atoms. The lowest BCUT2D eigenvalue weighted by atomic mass is 9.80. The van der Waals surface area contributed by atoms with E-state index in [0.29, 0.717) is 16.1 Å². The van der Waals surface area contributed by atoms with Gasteiger partial charge in [-0.15, -0.1) is 0 Å². The zero-order chi connectivity index (χ0) is 15.1. The van der Waals surface area contributed by atoms with Crippen molar-refractivity contribution in [2.45, 2.75) is 58.3 Å². The van der Waals surface area contributed by atoms with Crippen molar-refractivity contribution >= 4 is 15.9 Å². The van der Waals surface area contributed by atoms with Crippen LogP contribution in [0.1, 0.15) is 58.3 Å². The Morgan fingerprint density at radius 3 is 2.52 bits per heavy atom. The van der Waals surface area contributed by atoms with Crippen LogP contribution in [0.25, 0.3) is 0 Å². The fourth-order valence-corrected chi connectivity index (χ4v) is 3.40. The topological polar surface area (TPSA) is 9.23 Å². The first kappa shape index (κ1) is 16.8. The molecule has 0 N–H and O–H groups in total. The van der Waals surface area contributed by atoms with Gasteiger partial charge in [0, 0.05) is 6.07 Å². The summed E-state index contributed by atoms with van der Waals surface area (Å²) in [4.78, 5) is 0. The minimum atomic E-state index is -0.257. The first-order valence-corrected chi connectivity index (χ1v) is 9.06. The van der Waals surface area contributed by atoms with Crippen LogP contribution < -0.4 is 4.74 Å². The summed E-state index contributed by atoms with van der Waals surface area (Å²) in [6.45, 7) is 2.99. The van der Waals surface area contributed by atoms with Crippen LogP contribution >= 0.6 is 15.9 Å². The lowest BCUT2D eigenvalue weighted by Gasteiger charge is -2.28. The van der Waals surface area contributed by atoms with Gasteiger partial charge < -0.3 is 4.74 Å². The van der Waals surface area contributed by atoms with Crippen LogP contribution in [0.5, 0.6) is 5.75 Å². The van der Waals surface area contributed by atoms with Gasteiger partial charge in [-0.05, 0) is 52.7 Å². The fourth-order valence-electron chi connectivity index (χ4n) is 3.15. The molecule has 1 saturated carbocycles. The quantitative estimate of drug-likeness (QED) is 0.516. The second kappa shape index (κ2) is 8.77. The zero-order valence-corrected chi connectivity index (χ0v) is 14.5. The summed E-state index contributed by atoms with van der Waals surface area (Å²) in [6.07, 6.45) is 10.7. The number of hydrogen-bond acceptors (Lipinski definition) is 1. The van der Waals surface area contributed by atoms with E-state index in [-0.39, 0.29) is 5.82 Å². The molecule has 0 unspecified atom stereocenters. The third kappa shape index (κ3) is 5.61. The molecule has 0 aromatic heterocycles. The summed E-state index contributed by atoms with van der Waals surface area (Å²) >= 11 is 3.16. The summed E-state index contributed by atoms with van der Waals surface area (Å²) in [5.74, 6) is 1.95. The predicted octanol–water partition coefficient (Wildman–Crippen LogP) is 6.35. The molecule has 1 fully saturated rings. The lowest BCUT2D eigenvalue weighted by molar-refractivity contribution is 0.177. The highest BCUT2D eigenvalue weighted by molar-refractivity contribution is 9.10. The number of rotatable bonds is 7. The molecule has 2 rings (SSSR count). The Hall–Kier alpha value is -0.570. The van der Waals surface area contributed by atoms with Gasteiger partial charge in [-0.2, -0.15) is 0 Å². The molecule has 0 heterocycles. The average Bonchev–Trinajstić information content (AvgIpc) is 2.50. The van der Waals surface area contributed by atoms with Crippen molar-refractivity contribution in [2.24, 2.45) is 11.8 Å². The SMILES string of the molecule is CCCCC[C@H]1CC[C@H](COc2ccc(Br)c(F)c2)CC1. The Kier molecular flexibility index (Phi) is 7.01. The molecule has 1 nitrogen and oxygen atoms in total. The second-order valence-electron chi connectivity index (χ2n) is 6.27. The lowest BCUT2D eigenvalue weighted by Crippen LogP contribution is -2.20. The molecule has 0 bridgehead atoms. The monoisotopic (exact) mass is 356 g/mol. The van der Waals surface area contributed by atoms with Crippen LogP contribution in [0.15, 0.2) is 22.7 Å². The number of hydrogen-bond donors (Lipinski definition) is 0. The van der Waals surface area contributed by atoms with Crippen LogP contribution in [-0.4, -0.2) is 6.61 Å². The molecule has 0 saturated heterocycles. The average molecular weight is 357 g/mol. The van der Waals surface area contributed by atoms with Crippen LogP contribution in [0, 0.1) is 17.7 Å². The minimum Gasteiger partial charge on any atom is -0.493 e. The normalized spacial score (nSPS) is 22.2. The van der Waals surface area contributed by atoms with Gasteiger partial charge in [0.15, 0.2) is 0 Å². The molecule has 1 aromatic rings. The van der Waals surface area contributed by atoms with Crippen LogP contribution in [-0.2, 0) is 0 Å².